The van der Waals surface area contributed by atoms with E-state index in [9.17, 15) is 8.42 Å². The molecule has 1 aliphatic rings. The average molecular weight is 460 g/mol. The molecule has 0 saturated carbocycles. The van der Waals surface area contributed by atoms with E-state index in [0.717, 1.165) is 41.4 Å². The number of hydrogen-bond acceptors (Lipinski definition) is 6. The number of sulfonamides is 1. The number of anilines is 1. The molecule has 1 aromatic carbocycles. The minimum atomic E-state index is -3.42. The minimum Gasteiger partial charge on any atom is -0.495 e. The van der Waals surface area contributed by atoms with Gasteiger partial charge >= 0.3 is 0 Å². The van der Waals surface area contributed by atoms with Crippen LogP contribution in [0.4, 0.5) is 5.69 Å². The first-order valence-corrected chi connectivity index (χ1v) is 11.4. The van der Waals surface area contributed by atoms with Crippen LogP contribution in [0.15, 0.2) is 44.4 Å². The third kappa shape index (κ3) is 4.77. The Hall–Kier alpha value is -1.13. The lowest BCUT2D eigenvalue weighted by molar-refractivity contribution is 0.261. The van der Waals surface area contributed by atoms with Crippen LogP contribution < -0.4 is 14.4 Å². The maximum atomic E-state index is 12.2. The summed E-state index contributed by atoms with van der Waals surface area (Å²) < 4.78 is 33.7. The summed E-state index contributed by atoms with van der Waals surface area (Å²) in [7, 11) is -1.73. The van der Waals surface area contributed by atoms with Crippen molar-refractivity contribution in [3.8, 4) is 5.75 Å². The van der Waals surface area contributed by atoms with E-state index >= 15 is 0 Å². The molecule has 2 heterocycles. The van der Waals surface area contributed by atoms with Crippen molar-refractivity contribution in [1.82, 2.24) is 9.62 Å². The van der Waals surface area contributed by atoms with Crippen LogP contribution in [-0.4, -0.2) is 59.7 Å². The summed E-state index contributed by atoms with van der Waals surface area (Å²) in [6.07, 6.45) is 0. The second-order valence-electron chi connectivity index (χ2n) is 5.96. The van der Waals surface area contributed by atoms with Gasteiger partial charge in [-0.15, -0.1) is 11.3 Å². The van der Waals surface area contributed by atoms with Gasteiger partial charge < -0.3 is 9.64 Å². The Morgan fingerprint density at radius 3 is 2.54 bits per heavy atom. The summed E-state index contributed by atoms with van der Waals surface area (Å²) in [5.74, 6) is 0.885. The summed E-state index contributed by atoms with van der Waals surface area (Å²) >= 11 is 4.51. The van der Waals surface area contributed by atoms with Crippen LogP contribution in [0, 0.1) is 0 Å². The van der Waals surface area contributed by atoms with Crippen molar-refractivity contribution in [2.24, 2.45) is 0 Å². The molecule has 1 fully saturated rings. The van der Waals surface area contributed by atoms with Crippen molar-refractivity contribution in [2.45, 2.75) is 4.21 Å². The lowest BCUT2D eigenvalue weighted by Crippen LogP contribution is -2.48. The fraction of sp³-hybridized carbons (Fsp3) is 0.412. The van der Waals surface area contributed by atoms with Gasteiger partial charge in [-0.05, 0) is 40.2 Å². The highest BCUT2D eigenvalue weighted by Gasteiger charge is 2.20. The number of methoxy groups -OCH3 is 1. The normalized spacial score (nSPS) is 16.0. The number of hydrogen-bond donors (Lipinski definition) is 1. The van der Waals surface area contributed by atoms with Crippen molar-refractivity contribution in [2.75, 3.05) is 51.3 Å². The van der Waals surface area contributed by atoms with E-state index in [2.05, 4.69) is 36.5 Å². The van der Waals surface area contributed by atoms with E-state index in [1.807, 2.05) is 18.2 Å². The first kappa shape index (κ1) is 19.6. The molecule has 0 aliphatic carbocycles. The number of halogens is 1. The molecule has 0 unspecified atom stereocenters. The molecule has 0 atom stereocenters. The van der Waals surface area contributed by atoms with Gasteiger partial charge in [-0.3, -0.25) is 4.90 Å². The quantitative estimate of drug-likeness (QED) is 0.689. The number of ether oxygens (including phenoxy) is 1. The van der Waals surface area contributed by atoms with Crippen LogP contribution in [0.25, 0.3) is 0 Å². The molecule has 0 amide bonds. The molecule has 1 saturated heterocycles. The van der Waals surface area contributed by atoms with E-state index < -0.39 is 10.0 Å². The van der Waals surface area contributed by atoms with Crippen molar-refractivity contribution >= 4 is 43.0 Å². The van der Waals surface area contributed by atoms with Crippen LogP contribution in [0.3, 0.4) is 0 Å². The summed E-state index contributed by atoms with van der Waals surface area (Å²) in [5.41, 5.74) is 1.11. The van der Waals surface area contributed by atoms with Gasteiger partial charge in [0.1, 0.15) is 9.96 Å². The zero-order valence-corrected chi connectivity index (χ0v) is 17.7. The third-order valence-corrected chi connectivity index (χ3v) is 7.91. The first-order chi connectivity index (χ1) is 12.5. The Morgan fingerprint density at radius 2 is 1.88 bits per heavy atom. The van der Waals surface area contributed by atoms with Crippen LogP contribution in [0.2, 0.25) is 0 Å². The van der Waals surface area contributed by atoms with Crippen molar-refractivity contribution in [1.29, 1.82) is 0 Å². The molecule has 9 heteroatoms. The first-order valence-electron chi connectivity index (χ1n) is 8.35. The summed E-state index contributed by atoms with van der Waals surface area (Å²) in [6, 6.07) is 11.4. The highest BCUT2D eigenvalue weighted by Crippen LogP contribution is 2.28. The number of rotatable bonds is 7. The maximum absolute atomic E-state index is 12.2. The summed E-state index contributed by atoms with van der Waals surface area (Å²) in [6.45, 7) is 4.68. The van der Waals surface area contributed by atoms with Gasteiger partial charge in [0.05, 0.1) is 16.6 Å². The molecule has 26 heavy (non-hydrogen) atoms. The Kier molecular flexibility index (Phi) is 6.57. The van der Waals surface area contributed by atoms with E-state index in [0.29, 0.717) is 17.3 Å². The second-order valence-corrected chi connectivity index (χ2v) is 10.4. The van der Waals surface area contributed by atoms with Crippen LogP contribution in [-0.2, 0) is 10.0 Å². The molecule has 0 radical (unpaired) electrons. The van der Waals surface area contributed by atoms with Gasteiger partial charge in [0.15, 0.2) is 0 Å². The lowest BCUT2D eigenvalue weighted by Gasteiger charge is -2.36. The fourth-order valence-electron chi connectivity index (χ4n) is 2.95. The van der Waals surface area contributed by atoms with Crippen molar-refractivity contribution in [3.05, 3.63) is 40.2 Å². The van der Waals surface area contributed by atoms with Gasteiger partial charge in [0.2, 0.25) is 10.0 Å². The predicted octanol–water partition coefficient (Wildman–Crippen LogP) is 2.62. The van der Waals surface area contributed by atoms with Gasteiger partial charge in [-0.25, -0.2) is 13.1 Å². The fourth-order valence-corrected chi connectivity index (χ4v) is 6.03. The topological polar surface area (TPSA) is 61.9 Å². The third-order valence-electron chi connectivity index (χ3n) is 4.33. The Labute approximate surface area is 166 Å². The Morgan fingerprint density at radius 1 is 1.15 bits per heavy atom. The number of thiophene rings is 1. The number of nitrogens with one attached hydrogen (secondary N) is 1. The Balaban J connectivity index is 1.47. The molecular formula is C17H22BrN3O3S2. The molecule has 0 bridgehead atoms. The molecule has 1 N–H and O–H groups in total. The van der Waals surface area contributed by atoms with Gasteiger partial charge in [0.25, 0.3) is 0 Å². The minimum absolute atomic E-state index is 0.338. The molecular weight excluding hydrogens is 438 g/mol. The zero-order valence-electron chi connectivity index (χ0n) is 14.5. The lowest BCUT2D eigenvalue weighted by atomic mass is 10.2. The SMILES string of the molecule is COc1ccccc1N1CCN(CCNS(=O)(=O)c2ccc(Br)s2)CC1. The molecule has 0 spiro atoms. The van der Waals surface area contributed by atoms with Crippen LogP contribution >= 0.6 is 27.3 Å². The van der Waals surface area contributed by atoms with Crippen molar-refractivity contribution in [3.63, 3.8) is 0 Å². The molecule has 6 nitrogen and oxygen atoms in total. The molecule has 142 valence electrons. The highest BCUT2D eigenvalue weighted by molar-refractivity contribution is 9.11. The summed E-state index contributed by atoms with van der Waals surface area (Å²) in [4.78, 5) is 4.58. The molecule has 1 aromatic heterocycles. The van der Waals surface area contributed by atoms with Gasteiger partial charge in [0, 0.05) is 39.3 Å². The average Bonchev–Trinajstić information content (AvgIpc) is 3.09. The van der Waals surface area contributed by atoms with Gasteiger partial charge in [-0.1, -0.05) is 12.1 Å². The van der Waals surface area contributed by atoms with E-state index in [-0.39, 0.29) is 0 Å². The highest BCUT2D eigenvalue weighted by atomic mass is 79.9. The number of piperazine rings is 1. The predicted molar refractivity (Wildman–Crippen MR) is 109 cm³/mol. The van der Waals surface area contributed by atoms with Crippen molar-refractivity contribution < 1.29 is 13.2 Å². The van der Waals surface area contributed by atoms with E-state index in [4.69, 9.17) is 4.74 Å². The number of nitrogens with zero attached hydrogens (tertiary/aromatic N) is 2. The maximum Gasteiger partial charge on any atom is 0.250 e. The standard InChI is InChI=1S/C17H22BrN3O3S2/c1-24-15-5-3-2-4-14(15)21-12-10-20(11-13-21)9-8-19-26(22,23)17-7-6-16(18)25-17/h2-7,19H,8-13H2,1H3. The Bertz CT molecular complexity index is 833. The smallest absolute Gasteiger partial charge is 0.250 e. The number of benzene rings is 1. The van der Waals surface area contributed by atoms with E-state index in [1.54, 1.807) is 19.2 Å². The molecule has 2 aromatic rings. The van der Waals surface area contributed by atoms with Crippen LogP contribution in [0.1, 0.15) is 0 Å². The summed E-state index contributed by atoms with van der Waals surface area (Å²) in [5, 5.41) is 0. The van der Waals surface area contributed by atoms with E-state index in [1.165, 1.54) is 11.3 Å². The largest absolute Gasteiger partial charge is 0.495 e. The molecule has 3 rings (SSSR count). The van der Waals surface area contributed by atoms with Gasteiger partial charge in [-0.2, -0.15) is 0 Å². The number of para-hydroxylation sites is 2. The monoisotopic (exact) mass is 459 g/mol. The zero-order chi connectivity index (χ0) is 18.6. The molecule has 1 aliphatic heterocycles. The second kappa shape index (κ2) is 8.71. The van der Waals surface area contributed by atoms with Crippen LogP contribution in [0.5, 0.6) is 5.75 Å².